The van der Waals surface area contributed by atoms with E-state index in [0.717, 1.165) is 5.69 Å². The molecule has 0 heterocycles. The second kappa shape index (κ2) is 9.08. The van der Waals surface area contributed by atoms with Crippen molar-refractivity contribution in [1.82, 2.24) is 4.90 Å². The zero-order valence-corrected chi connectivity index (χ0v) is 14.7. The number of nitriles is 1. The summed E-state index contributed by atoms with van der Waals surface area (Å²) in [7, 11) is 3.11. The number of hydrogen-bond acceptors (Lipinski definition) is 5. The van der Waals surface area contributed by atoms with Crippen LogP contribution in [0.1, 0.15) is 5.56 Å². The number of anilines is 2. The molecule has 0 aliphatic rings. The van der Waals surface area contributed by atoms with Crippen LogP contribution in [-0.2, 0) is 9.59 Å². The Morgan fingerprint density at radius 2 is 1.88 bits per heavy atom. The van der Waals surface area contributed by atoms with Crippen molar-refractivity contribution in [2.45, 2.75) is 0 Å². The fourth-order valence-corrected chi connectivity index (χ4v) is 2.18. The summed E-state index contributed by atoms with van der Waals surface area (Å²) in [6.45, 7) is -0.0140. The molecule has 7 nitrogen and oxygen atoms in total. The smallest absolute Gasteiger partial charge is 0.243 e. The van der Waals surface area contributed by atoms with E-state index >= 15 is 0 Å². The lowest BCUT2D eigenvalue weighted by atomic mass is 10.2. The summed E-state index contributed by atoms with van der Waals surface area (Å²) in [4.78, 5) is 25.6. The van der Waals surface area contributed by atoms with Gasteiger partial charge in [0.15, 0.2) is 0 Å². The highest BCUT2D eigenvalue weighted by atomic mass is 16.5. The van der Waals surface area contributed by atoms with Crippen LogP contribution in [0.3, 0.4) is 0 Å². The number of rotatable bonds is 7. The van der Waals surface area contributed by atoms with Crippen LogP contribution < -0.4 is 15.4 Å². The summed E-state index contributed by atoms with van der Waals surface area (Å²) in [6, 6.07) is 15.8. The number of benzene rings is 2. The van der Waals surface area contributed by atoms with Crippen LogP contribution in [0.25, 0.3) is 0 Å². The van der Waals surface area contributed by atoms with Gasteiger partial charge < -0.3 is 20.3 Å². The molecule has 0 aliphatic carbocycles. The molecule has 0 unspecified atom stereocenters. The summed E-state index contributed by atoms with van der Waals surface area (Å²) in [5, 5.41) is 14.5. The largest absolute Gasteiger partial charge is 0.497 e. The van der Waals surface area contributed by atoms with Crippen molar-refractivity contribution < 1.29 is 14.3 Å². The molecule has 0 aromatic heterocycles. The van der Waals surface area contributed by atoms with E-state index in [4.69, 9.17) is 10.00 Å². The molecule has 7 heteroatoms. The normalized spacial score (nSPS) is 9.73. The summed E-state index contributed by atoms with van der Waals surface area (Å²) in [6.07, 6.45) is 0. The van der Waals surface area contributed by atoms with E-state index in [1.54, 1.807) is 62.7 Å². The predicted molar refractivity (Wildman–Crippen MR) is 98.9 cm³/mol. The molecule has 2 N–H and O–H groups in total. The van der Waals surface area contributed by atoms with Gasteiger partial charge in [-0.25, -0.2) is 0 Å². The molecule has 0 atom stereocenters. The van der Waals surface area contributed by atoms with E-state index < -0.39 is 0 Å². The van der Waals surface area contributed by atoms with Crippen molar-refractivity contribution in [3.05, 3.63) is 54.1 Å². The SMILES string of the molecule is COc1cccc(NC(=O)CN(C)C(=O)CNc2ccc(C#N)cc2)c1. The lowest BCUT2D eigenvalue weighted by molar-refractivity contribution is -0.131. The van der Waals surface area contributed by atoms with Gasteiger partial charge in [0.2, 0.25) is 11.8 Å². The zero-order chi connectivity index (χ0) is 18.9. The van der Waals surface area contributed by atoms with Gasteiger partial charge in [0.05, 0.1) is 31.8 Å². The molecule has 2 aromatic carbocycles. The highest BCUT2D eigenvalue weighted by Crippen LogP contribution is 2.16. The quantitative estimate of drug-likeness (QED) is 0.795. The van der Waals surface area contributed by atoms with Crippen LogP contribution in [0.2, 0.25) is 0 Å². The van der Waals surface area contributed by atoms with Crippen LogP contribution in [0, 0.1) is 11.3 Å². The molecule has 0 fully saturated rings. The Morgan fingerprint density at radius 3 is 2.54 bits per heavy atom. The molecule has 134 valence electrons. The van der Waals surface area contributed by atoms with Gasteiger partial charge in [-0.15, -0.1) is 0 Å². The Bertz CT molecular complexity index is 812. The Balaban J connectivity index is 1.81. The third-order valence-electron chi connectivity index (χ3n) is 3.62. The number of carbonyl (C=O) groups excluding carboxylic acids is 2. The minimum Gasteiger partial charge on any atom is -0.497 e. The average molecular weight is 352 g/mol. The summed E-state index contributed by atoms with van der Waals surface area (Å²) >= 11 is 0. The number of carbonyl (C=O) groups is 2. The topological polar surface area (TPSA) is 94.5 Å². The molecule has 26 heavy (non-hydrogen) atoms. The van der Waals surface area contributed by atoms with E-state index in [-0.39, 0.29) is 24.9 Å². The van der Waals surface area contributed by atoms with Gasteiger partial charge in [-0.3, -0.25) is 9.59 Å². The molecule has 0 saturated heterocycles. The first-order chi connectivity index (χ1) is 12.5. The van der Waals surface area contributed by atoms with Gasteiger partial charge in [0.1, 0.15) is 5.75 Å². The number of nitrogens with zero attached hydrogens (tertiary/aromatic N) is 2. The maximum absolute atomic E-state index is 12.1. The average Bonchev–Trinajstić information content (AvgIpc) is 2.66. The van der Waals surface area contributed by atoms with Gasteiger partial charge in [-0.05, 0) is 36.4 Å². The summed E-state index contributed by atoms with van der Waals surface area (Å²) in [5.74, 6) is 0.112. The fourth-order valence-electron chi connectivity index (χ4n) is 2.18. The zero-order valence-electron chi connectivity index (χ0n) is 14.7. The van der Waals surface area contributed by atoms with Crippen LogP contribution in [-0.4, -0.2) is 44.0 Å². The first-order valence-corrected chi connectivity index (χ1v) is 7.93. The molecular weight excluding hydrogens is 332 g/mol. The molecule has 2 rings (SSSR count). The number of ether oxygens (including phenoxy) is 1. The van der Waals surface area contributed by atoms with Gasteiger partial charge >= 0.3 is 0 Å². The number of nitrogens with one attached hydrogen (secondary N) is 2. The van der Waals surface area contributed by atoms with Crippen molar-refractivity contribution in [2.75, 3.05) is 37.9 Å². The van der Waals surface area contributed by atoms with Crippen molar-refractivity contribution in [2.24, 2.45) is 0 Å². The number of methoxy groups -OCH3 is 1. The minimum atomic E-state index is -0.299. The van der Waals surface area contributed by atoms with E-state index in [1.165, 1.54) is 4.90 Å². The van der Waals surface area contributed by atoms with Crippen molar-refractivity contribution in [1.29, 1.82) is 5.26 Å². The van der Waals surface area contributed by atoms with Crippen LogP contribution >= 0.6 is 0 Å². The Hall–Kier alpha value is -3.53. The van der Waals surface area contributed by atoms with Gasteiger partial charge in [0.25, 0.3) is 0 Å². The van der Waals surface area contributed by atoms with Gasteiger partial charge in [-0.2, -0.15) is 5.26 Å². The standard InChI is InChI=1S/C19H20N4O3/c1-23(13-18(24)22-16-4-3-5-17(10-16)26-2)19(25)12-21-15-8-6-14(11-20)7-9-15/h3-10,21H,12-13H2,1-2H3,(H,22,24). The van der Waals surface area contributed by atoms with Crippen LogP contribution in [0.15, 0.2) is 48.5 Å². The number of hydrogen-bond donors (Lipinski definition) is 2. The molecule has 0 saturated carbocycles. The maximum atomic E-state index is 12.1. The molecule has 0 radical (unpaired) electrons. The minimum absolute atomic E-state index is 0.0504. The van der Waals surface area contributed by atoms with E-state index in [9.17, 15) is 9.59 Å². The predicted octanol–water partition coefficient (Wildman–Crippen LogP) is 2.08. The second-order valence-corrected chi connectivity index (χ2v) is 5.57. The highest BCUT2D eigenvalue weighted by Gasteiger charge is 2.13. The third kappa shape index (κ3) is 5.53. The van der Waals surface area contributed by atoms with Crippen molar-refractivity contribution in [3.8, 4) is 11.8 Å². The molecule has 2 amide bonds. The third-order valence-corrected chi connectivity index (χ3v) is 3.62. The lowest BCUT2D eigenvalue weighted by Crippen LogP contribution is -2.38. The summed E-state index contributed by atoms with van der Waals surface area (Å²) in [5.41, 5.74) is 1.88. The molecule has 0 bridgehead atoms. The van der Waals surface area contributed by atoms with Crippen LogP contribution in [0.5, 0.6) is 5.75 Å². The Morgan fingerprint density at radius 1 is 1.15 bits per heavy atom. The molecule has 0 spiro atoms. The van der Waals surface area contributed by atoms with Gasteiger partial charge in [0, 0.05) is 24.5 Å². The van der Waals surface area contributed by atoms with Crippen molar-refractivity contribution in [3.63, 3.8) is 0 Å². The monoisotopic (exact) mass is 352 g/mol. The highest BCUT2D eigenvalue weighted by molar-refractivity contribution is 5.95. The fraction of sp³-hybridized carbons (Fsp3) is 0.211. The molecular formula is C19H20N4O3. The Labute approximate surface area is 152 Å². The van der Waals surface area contributed by atoms with E-state index in [2.05, 4.69) is 10.6 Å². The number of likely N-dealkylation sites (N-methyl/N-ethyl adjacent to an activating group) is 1. The lowest BCUT2D eigenvalue weighted by Gasteiger charge is -2.17. The van der Waals surface area contributed by atoms with E-state index in [0.29, 0.717) is 17.0 Å². The first-order valence-electron chi connectivity index (χ1n) is 7.93. The Kier molecular flexibility index (Phi) is 6.57. The molecule has 0 aliphatic heterocycles. The van der Waals surface area contributed by atoms with E-state index in [1.807, 2.05) is 6.07 Å². The first kappa shape index (κ1) is 18.8. The van der Waals surface area contributed by atoms with Crippen molar-refractivity contribution >= 4 is 23.2 Å². The maximum Gasteiger partial charge on any atom is 0.243 e. The summed E-state index contributed by atoms with van der Waals surface area (Å²) < 4.78 is 5.10. The van der Waals surface area contributed by atoms with Gasteiger partial charge in [-0.1, -0.05) is 6.07 Å². The number of amides is 2. The second-order valence-electron chi connectivity index (χ2n) is 5.57. The molecule has 2 aromatic rings. The van der Waals surface area contributed by atoms with Crippen LogP contribution in [0.4, 0.5) is 11.4 Å².